The summed E-state index contributed by atoms with van der Waals surface area (Å²) in [5.41, 5.74) is 3.14. The quantitative estimate of drug-likeness (QED) is 0.506. The Kier molecular flexibility index (Phi) is 4.45. The highest BCUT2D eigenvalue weighted by atomic mass is 35.5. The molecule has 0 unspecified atom stereocenters. The van der Waals surface area contributed by atoms with Crippen LogP contribution in [0, 0.1) is 13.8 Å². The topological polar surface area (TPSA) is 66.5 Å². The van der Waals surface area contributed by atoms with E-state index >= 15 is 0 Å². The van der Waals surface area contributed by atoms with Gasteiger partial charge in [-0.2, -0.15) is 0 Å². The first-order chi connectivity index (χ1) is 12.1. The fourth-order valence-corrected chi connectivity index (χ4v) is 4.81. The molecule has 8 heteroatoms. The van der Waals surface area contributed by atoms with E-state index in [1.165, 1.54) is 10.4 Å². The van der Waals surface area contributed by atoms with Gasteiger partial charge in [0.15, 0.2) is 5.13 Å². The number of hydrogen-bond acceptors (Lipinski definition) is 6. The molecule has 5 nitrogen and oxygen atoms in total. The highest BCUT2D eigenvalue weighted by Gasteiger charge is 2.13. The minimum absolute atomic E-state index is 0.558. The van der Waals surface area contributed by atoms with Crippen molar-refractivity contribution in [3.8, 4) is 0 Å². The molecule has 0 saturated carbocycles. The van der Waals surface area contributed by atoms with Crippen LogP contribution in [0.2, 0.25) is 5.15 Å². The van der Waals surface area contributed by atoms with Crippen LogP contribution >= 0.6 is 34.3 Å². The highest BCUT2D eigenvalue weighted by Crippen LogP contribution is 2.31. The van der Waals surface area contributed by atoms with Gasteiger partial charge in [-0.05, 0) is 31.5 Å². The minimum Gasteiger partial charge on any atom is -0.357 e. The number of aromatic amines is 1. The summed E-state index contributed by atoms with van der Waals surface area (Å²) in [6.07, 6.45) is 4.51. The Hall–Kier alpha value is -1.96. The predicted octanol–water partition coefficient (Wildman–Crippen LogP) is 4.95. The molecule has 0 aromatic carbocycles. The van der Waals surface area contributed by atoms with Gasteiger partial charge < -0.3 is 10.3 Å². The molecule has 0 bridgehead atoms. The molecule has 0 saturated heterocycles. The fraction of sp³-hybridized carbons (Fsp3) is 0.235. The second kappa shape index (κ2) is 6.74. The number of H-pyrrole nitrogens is 1. The monoisotopic (exact) mass is 389 g/mol. The maximum Gasteiger partial charge on any atom is 0.184 e. The Morgan fingerprint density at radius 1 is 1.20 bits per heavy atom. The van der Waals surface area contributed by atoms with Gasteiger partial charge in [-0.25, -0.2) is 15.0 Å². The van der Waals surface area contributed by atoms with Gasteiger partial charge in [0, 0.05) is 29.1 Å². The number of halogens is 1. The summed E-state index contributed by atoms with van der Waals surface area (Å²) in [7, 11) is 0. The second-order valence-electron chi connectivity index (χ2n) is 5.72. The molecular formula is C17H16ClN5S2. The largest absolute Gasteiger partial charge is 0.357 e. The van der Waals surface area contributed by atoms with Crippen LogP contribution in [0.4, 0.5) is 5.13 Å². The van der Waals surface area contributed by atoms with Crippen molar-refractivity contribution in [2.45, 2.75) is 26.8 Å². The van der Waals surface area contributed by atoms with Gasteiger partial charge in [0.2, 0.25) is 0 Å². The van der Waals surface area contributed by atoms with Crippen LogP contribution in [0.1, 0.15) is 26.0 Å². The van der Waals surface area contributed by atoms with E-state index in [1.54, 1.807) is 28.9 Å². The van der Waals surface area contributed by atoms with Crippen molar-refractivity contribution < 1.29 is 0 Å². The van der Waals surface area contributed by atoms with Gasteiger partial charge in [-0.3, -0.25) is 0 Å². The van der Waals surface area contributed by atoms with Gasteiger partial charge in [-0.1, -0.05) is 11.6 Å². The third-order valence-corrected chi connectivity index (χ3v) is 6.45. The Labute approximate surface area is 158 Å². The molecule has 0 aliphatic heterocycles. The molecule has 0 aliphatic rings. The first kappa shape index (κ1) is 16.5. The van der Waals surface area contributed by atoms with Crippen LogP contribution in [0.25, 0.3) is 11.0 Å². The van der Waals surface area contributed by atoms with E-state index in [4.69, 9.17) is 11.6 Å². The number of fused-ring (bicyclic) bond motifs is 1. The summed E-state index contributed by atoms with van der Waals surface area (Å²) in [5.74, 6) is 0. The number of nitrogens with one attached hydrogen (secondary N) is 2. The summed E-state index contributed by atoms with van der Waals surface area (Å²) < 4.78 is 0. The lowest BCUT2D eigenvalue weighted by Crippen LogP contribution is -1.98. The van der Waals surface area contributed by atoms with Crippen molar-refractivity contribution in [1.82, 2.24) is 19.9 Å². The first-order valence-corrected chi connectivity index (χ1v) is 9.84. The Morgan fingerprint density at radius 2 is 2.08 bits per heavy atom. The molecular weight excluding hydrogens is 374 g/mol. The zero-order valence-electron chi connectivity index (χ0n) is 13.8. The molecule has 4 aromatic rings. The normalized spacial score (nSPS) is 11.3. The number of anilines is 1. The van der Waals surface area contributed by atoms with E-state index in [0.717, 1.165) is 44.7 Å². The molecule has 0 radical (unpaired) electrons. The number of aromatic nitrogens is 4. The predicted molar refractivity (Wildman–Crippen MR) is 105 cm³/mol. The molecule has 0 amide bonds. The van der Waals surface area contributed by atoms with Crippen molar-refractivity contribution >= 4 is 50.4 Å². The molecule has 4 heterocycles. The van der Waals surface area contributed by atoms with Crippen molar-refractivity contribution in [3.05, 3.63) is 55.7 Å². The Morgan fingerprint density at radius 3 is 2.88 bits per heavy atom. The number of pyridine rings is 1. The number of hydrogen-bond donors (Lipinski definition) is 2. The Balaban J connectivity index is 1.51. The summed E-state index contributed by atoms with van der Waals surface area (Å²) in [6, 6.07) is 4.01. The van der Waals surface area contributed by atoms with E-state index in [1.807, 2.05) is 26.1 Å². The molecule has 25 heavy (non-hydrogen) atoms. The van der Waals surface area contributed by atoms with Crippen LogP contribution in [-0.4, -0.2) is 19.9 Å². The third kappa shape index (κ3) is 3.40. The standard InChI is InChI=1S/C17H16ClN5S2/c1-9-14(24-10(2)22-9)8-21-17-23-15(18)13(25-17)6-11-7-20-16-12(11)4-3-5-19-16/h3-5,7H,6,8H2,1-2H3,(H,19,20)(H,21,23). The molecule has 128 valence electrons. The van der Waals surface area contributed by atoms with Gasteiger partial charge in [0.05, 0.1) is 22.1 Å². The average molecular weight is 390 g/mol. The molecule has 0 fully saturated rings. The summed E-state index contributed by atoms with van der Waals surface area (Å²) in [4.78, 5) is 18.7. The fourth-order valence-electron chi connectivity index (χ4n) is 2.74. The highest BCUT2D eigenvalue weighted by molar-refractivity contribution is 7.16. The first-order valence-electron chi connectivity index (χ1n) is 7.83. The van der Waals surface area contributed by atoms with Crippen LogP contribution in [0.5, 0.6) is 0 Å². The van der Waals surface area contributed by atoms with Gasteiger partial charge in [-0.15, -0.1) is 22.7 Å². The third-order valence-electron chi connectivity index (χ3n) is 3.94. The lowest BCUT2D eigenvalue weighted by atomic mass is 10.1. The minimum atomic E-state index is 0.558. The number of nitrogens with zero attached hydrogens (tertiary/aromatic N) is 3. The number of aryl methyl sites for hydroxylation is 2. The van der Waals surface area contributed by atoms with E-state index in [-0.39, 0.29) is 0 Å². The zero-order valence-corrected chi connectivity index (χ0v) is 16.1. The molecule has 0 spiro atoms. The lowest BCUT2D eigenvalue weighted by Gasteiger charge is -2.00. The zero-order chi connectivity index (χ0) is 17.4. The van der Waals surface area contributed by atoms with E-state index < -0.39 is 0 Å². The summed E-state index contributed by atoms with van der Waals surface area (Å²) in [5, 5.41) is 6.97. The average Bonchev–Trinajstić information content (AvgIpc) is 3.25. The maximum atomic E-state index is 6.35. The van der Waals surface area contributed by atoms with Crippen LogP contribution < -0.4 is 5.32 Å². The molecule has 0 atom stereocenters. The summed E-state index contributed by atoms with van der Waals surface area (Å²) in [6.45, 7) is 4.78. The van der Waals surface area contributed by atoms with Gasteiger partial charge >= 0.3 is 0 Å². The maximum absolute atomic E-state index is 6.35. The Bertz CT molecular complexity index is 1030. The van der Waals surface area contributed by atoms with Crippen LogP contribution in [0.3, 0.4) is 0 Å². The summed E-state index contributed by atoms with van der Waals surface area (Å²) >= 11 is 9.66. The number of thiazole rings is 2. The van der Waals surface area contributed by atoms with E-state index in [2.05, 4.69) is 31.3 Å². The lowest BCUT2D eigenvalue weighted by molar-refractivity contribution is 1.10. The molecule has 0 aliphatic carbocycles. The van der Waals surface area contributed by atoms with Gasteiger partial charge in [0.25, 0.3) is 0 Å². The SMILES string of the molecule is Cc1nc(C)c(CNc2nc(Cl)c(Cc3c[nH]c4ncccc34)s2)s1. The van der Waals surface area contributed by atoms with Crippen molar-refractivity contribution in [1.29, 1.82) is 0 Å². The van der Waals surface area contributed by atoms with E-state index in [9.17, 15) is 0 Å². The van der Waals surface area contributed by atoms with E-state index in [0.29, 0.717) is 5.15 Å². The number of rotatable bonds is 5. The van der Waals surface area contributed by atoms with Crippen molar-refractivity contribution in [3.63, 3.8) is 0 Å². The van der Waals surface area contributed by atoms with Gasteiger partial charge in [0.1, 0.15) is 10.8 Å². The second-order valence-corrected chi connectivity index (χ2v) is 8.45. The molecule has 4 rings (SSSR count). The van der Waals surface area contributed by atoms with Crippen LogP contribution in [-0.2, 0) is 13.0 Å². The smallest absolute Gasteiger partial charge is 0.184 e. The molecule has 2 N–H and O–H groups in total. The van der Waals surface area contributed by atoms with Crippen molar-refractivity contribution in [2.24, 2.45) is 0 Å². The molecule has 4 aromatic heterocycles. The van der Waals surface area contributed by atoms with Crippen molar-refractivity contribution in [2.75, 3.05) is 5.32 Å². The van der Waals surface area contributed by atoms with Crippen LogP contribution in [0.15, 0.2) is 24.5 Å².